The van der Waals surface area contributed by atoms with Crippen LogP contribution in [0.4, 0.5) is 0 Å². The summed E-state index contributed by atoms with van der Waals surface area (Å²) in [7, 11) is 6.65. The molecule has 17 heteroatoms. The van der Waals surface area contributed by atoms with Gasteiger partial charge in [-0.1, -0.05) is 68.4 Å². The van der Waals surface area contributed by atoms with Gasteiger partial charge in [0.1, 0.15) is 30.3 Å². The Balaban J connectivity index is 1.24. The molecule has 2 aromatic heterocycles. The summed E-state index contributed by atoms with van der Waals surface area (Å²) in [5.41, 5.74) is 21.2. The lowest BCUT2D eigenvalue weighted by molar-refractivity contribution is 0.0116. The quantitative estimate of drug-likeness (QED) is 0.0281. The molecule has 4 aromatic carbocycles. The van der Waals surface area contributed by atoms with Crippen molar-refractivity contribution < 1.29 is 52.1 Å². The molecule has 86 heavy (non-hydrogen) atoms. The van der Waals surface area contributed by atoms with Crippen molar-refractivity contribution in [3.05, 3.63) is 166 Å². The lowest BCUT2D eigenvalue weighted by Crippen LogP contribution is -2.33. The fraction of sp³-hybridized carbons (Fsp3) is 0.420. The molecule has 4 heterocycles. The summed E-state index contributed by atoms with van der Waals surface area (Å²) in [6, 6.07) is 34.8. The van der Waals surface area contributed by atoms with E-state index in [1.807, 2.05) is 54.9 Å². The topological polar surface area (TPSA) is 195 Å². The molecular formula is C69H86N6O11. The Morgan fingerprint density at radius 1 is 0.477 bits per heavy atom. The minimum Gasteiger partial charge on any atom is -0.497 e. The van der Waals surface area contributed by atoms with Crippen molar-refractivity contribution in [2.24, 2.45) is 5.73 Å². The van der Waals surface area contributed by atoms with Crippen molar-refractivity contribution in [2.45, 2.75) is 71.8 Å². The number of benzene rings is 4. The highest BCUT2D eigenvalue weighted by Crippen LogP contribution is 2.43. The van der Waals surface area contributed by atoms with Gasteiger partial charge in [0.15, 0.2) is 11.5 Å². The highest BCUT2D eigenvalue weighted by molar-refractivity contribution is 5.95. The Hall–Kier alpha value is -7.32. The van der Waals surface area contributed by atoms with Crippen LogP contribution in [0.5, 0.6) is 23.0 Å². The number of rotatable bonds is 35. The monoisotopic (exact) mass is 1170 g/mol. The van der Waals surface area contributed by atoms with Crippen LogP contribution < -0.4 is 24.7 Å². The summed E-state index contributed by atoms with van der Waals surface area (Å²) in [6.07, 6.45) is 8.21. The summed E-state index contributed by atoms with van der Waals surface area (Å²) in [5.74, 6) is 2.46. The molecule has 0 unspecified atom stereocenters. The lowest BCUT2D eigenvalue weighted by Gasteiger charge is -2.36. The average Bonchev–Trinajstić information content (AvgIpc) is 1.21. The number of allylic oxidation sites excluding steroid dienone is 4. The van der Waals surface area contributed by atoms with Crippen molar-refractivity contribution in [3.63, 3.8) is 0 Å². The number of nitrogens with zero attached hydrogens (tertiary/aromatic N) is 4. The van der Waals surface area contributed by atoms with Crippen molar-refractivity contribution in [1.29, 1.82) is 0 Å². The van der Waals surface area contributed by atoms with Crippen LogP contribution in [0.2, 0.25) is 0 Å². The van der Waals surface area contributed by atoms with Crippen LogP contribution in [0.25, 0.3) is 44.4 Å². The maximum Gasteiger partial charge on any atom is 0.163 e. The minimum atomic E-state index is -0.969. The molecule has 8 rings (SSSR count). The Bertz CT molecular complexity index is 3340. The number of hydrogen-bond donors (Lipinski definition) is 2. The number of methoxy groups -OCH3 is 4. The molecule has 6 aromatic rings. The van der Waals surface area contributed by atoms with Crippen molar-refractivity contribution >= 4 is 44.4 Å². The highest BCUT2D eigenvalue weighted by Gasteiger charge is 2.38. The van der Waals surface area contributed by atoms with Gasteiger partial charge in [0.25, 0.3) is 0 Å². The third-order valence-corrected chi connectivity index (χ3v) is 15.3. The van der Waals surface area contributed by atoms with Gasteiger partial charge < -0.3 is 62.8 Å². The van der Waals surface area contributed by atoms with Gasteiger partial charge in [-0.25, -0.2) is 9.97 Å². The van der Waals surface area contributed by atoms with Crippen molar-refractivity contribution in [2.75, 3.05) is 121 Å². The van der Waals surface area contributed by atoms with E-state index in [0.717, 1.165) is 110 Å². The summed E-state index contributed by atoms with van der Waals surface area (Å²) < 4.78 is 64.7. The number of nitrogens with one attached hydrogen (secondary N) is 1. The number of fused-ring (bicyclic) bond motifs is 7. The predicted octanol–water partition coefficient (Wildman–Crippen LogP) is 12.1. The Labute approximate surface area is 506 Å². The van der Waals surface area contributed by atoms with Gasteiger partial charge >= 0.3 is 0 Å². The van der Waals surface area contributed by atoms with E-state index in [9.17, 15) is 0 Å². The predicted molar refractivity (Wildman–Crippen MR) is 339 cm³/mol. The SMILES string of the molecule is CCC1=C(CC)c2cc3[nH]c(cnc4cc(OCCOCCOCCOC)c(OCCOCCOCCOC)cc4ncc4nc(cc1n2)C(CCCN)=C4C)c(C)c3CCCOC(c1ccccc1)(c1ccc(OC)cc1)c1ccc(OC)cc1. The molecule has 2 aliphatic rings. The standard InChI is InChI=1S/C69H86N6O11/c1-9-55-56(10-2)60-43-62-58(19-15-29-86-69(50-16-12-11-13-17-50,51-20-24-53(78-7)25-21-51)52-22-26-54(79-8)27-23-52)49(4)66(75-62)47-72-64-45-68(85-41-39-83-37-35-81-33-31-77-6)67(84-40-38-82-36-34-80-32-30-76-5)44-63(64)71-46-65-48(3)57(18-14-28-70)61(74-65)42-59(55)73-60/h11-13,16-17,20-27,42-47,75H,9-10,14-15,18-19,28-41,70H2,1-8H3. The van der Waals surface area contributed by atoms with E-state index in [1.165, 1.54) is 11.1 Å². The van der Waals surface area contributed by atoms with Gasteiger partial charge in [-0.05, 0) is 145 Å². The zero-order chi connectivity index (χ0) is 60.5. The highest BCUT2D eigenvalue weighted by atomic mass is 16.6. The smallest absolute Gasteiger partial charge is 0.163 e. The van der Waals surface area contributed by atoms with Crippen LogP contribution in [0.1, 0.15) is 103 Å². The second kappa shape index (κ2) is 33.5. The van der Waals surface area contributed by atoms with Crippen LogP contribution in [-0.2, 0) is 45.2 Å². The molecular weight excluding hydrogens is 1090 g/mol. The maximum atomic E-state index is 7.38. The Kier molecular flexibility index (Phi) is 25.2. The molecule has 0 atom stereocenters. The molecule has 17 nitrogen and oxygen atoms in total. The van der Waals surface area contributed by atoms with Gasteiger partial charge in [0, 0.05) is 38.5 Å². The molecule has 0 fully saturated rings. The third kappa shape index (κ3) is 16.6. The zero-order valence-corrected chi connectivity index (χ0v) is 51.5. The number of aryl methyl sites for hydroxylation is 2. The summed E-state index contributed by atoms with van der Waals surface area (Å²) in [6.45, 7) is 14.4. The van der Waals surface area contributed by atoms with Crippen molar-refractivity contribution in [3.8, 4) is 23.0 Å². The van der Waals surface area contributed by atoms with E-state index in [1.54, 1.807) is 28.4 Å². The number of H-pyrrole nitrogens is 1. The van der Waals surface area contributed by atoms with Crippen LogP contribution >= 0.6 is 0 Å². The van der Waals surface area contributed by atoms with Gasteiger partial charge in [-0.15, -0.1) is 0 Å². The second-order valence-corrected chi connectivity index (χ2v) is 20.7. The van der Waals surface area contributed by atoms with Crippen LogP contribution in [0, 0.1) is 6.92 Å². The molecule has 0 aliphatic carbocycles. The van der Waals surface area contributed by atoms with E-state index in [0.29, 0.717) is 115 Å². The maximum absolute atomic E-state index is 7.38. The summed E-state index contributed by atoms with van der Waals surface area (Å²) in [5, 5.41) is 0. The van der Waals surface area contributed by atoms with Gasteiger partial charge in [0.2, 0.25) is 0 Å². The third-order valence-electron chi connectivity index (χ3n) is 15.3. The first-order chi connectivity index (χ1) is 42.2. The largest absolute Gasteiger partial charge is 0.497 e. The fourth-order valence-electron chi connectivity index (χ4n) is 10.7. The Morgan fingerprint density at radius 3 is 1.49 bits per heavy atom. The van der Waals surface area contributed by atoms with Crippen LogP contribution in [0.3, 0.4) is 0 Å². The van der Waals surface area contributed by atoms with E-state index in [4.69, 9.17) is 77.8 Å². The van der Waals surface area contributed by atoms with E-state index < -0.39 is 5.60 Å². The first-order valence-corrected chi connectivity index (χ1v) is 29.9. The number of ether oxygens (including phenoxy) is 11. The van der Waals surface area contributed by atoms with E-state index in [-0.39, 0.29) is 13.2 Å². The summed E-state index contributed by atoms with van der Waals surface area (Å²) >= 11 is 0. The molecule has 0 saturated heterocycles. The number of nitrogens with two attached hydrogens (primary N) is 1. The molecule has 458 valence electrons. The number of aromatic nitrogens is 5. The van der Waals surface area contributed by atoms with Gasteiger partial charge in [-0.3, -0.25) is 9.97 Å². The fourth-order valence-corrected chi connectivity index (χ4v) is 10.7. The second-order valence-electron chi connectivity index (χ2n) is 20.7. The summed E-state index contributed by atoms with van der Waals surface area (Å²) in [4.78, 5) is 24.9. The van der Waals surface area contributed by atoms with E-state index >= 15 is 0 Å². The molecule has 0 saturated carbocycles. The molecule has 3 N–H and O–H groups in total. The molecule has 2 aliphatic heterocycles. The van der Waals surface area contributed by atoms with E-state index in [2.05, 4.69) is 93.3 Å². The molecule has 0 radical (unpaired) electrons. The van der Waals surface area contributed by atoms with Crippen LogP contribution in [-0.4, -0.2) is 146 Å². The van der Waals surface area contributed by atoms with Crippen molar-refractivity contribution in [1.82, 2.24) is 24.9 Å². The first-order valence-electron chi connectivity index (χ1n) is 29.9. The Morgan fingerprint density at radius 2 is 0.965 bits per heavy atom. The molecule has 6 bridgehead atoms. The van der Waals surface area contributed by atoms with Crippen LogP contribution in [0.15, 0.2) is 116 Å². The average molecular weight is 1180 g/mol. The molecule has 0 spiro atoms. The lowest BCUT2D eigenvalue weighted by atomic mass is 9.80. The number of aromatic amines is 1. The van der Waals surface area contributed by atoms with Gasteiger partial charge in [-0.2, -0.15) is 0 Å². The number of hydrogen-bond acceptors (Lipinski definition) is 16. The zero-order valence-electron chi connectivity index (χ0n) is 51.5. The minimum absolute atomic E-state index is 0.239. The van der Waals surface area contributed by atoms with Gasteiger partial charge in [0.05, 0.1) is 132 Å². The normalized spacial score (nSPS) is 12.5. The molecule has 0 amide bonds. The first kappa shape index (κ1) is 64.7.